The minimum atomic E-state index is -1.11. The molecule has 0 saturated heterocycles. The van der Waals surface area contributed by atoms with Crippen molar-refractivity contribution >= 4 is 59.9 Å². The summed E-state index contributed by atoms with van der Waals surface area (Å²) >= 11 is -0.980. The fraction of sp³-hybridized carbons (Fsp3) is 0.788. The molecule has 2 aliphatic carbocycles. The number of amides is 5. The van der Waals surface area contributed by atoms with Crippen LogP contribution in [0.5, 0.6) is 0 Å². The van der Waals surface area contributed by atoms with Crippen LogP contribution in [0.15, 0.2) is 0 Å². The Bertz CT molecular complexity index is 1180. The average Bonchev–Trinajstić information content (AvgIpc) is 3.64. The molecule has 1 unspecified atom stereocenters. The fourth-order valence-corrected chi connectivity index (χ4v) is 8.05. The van der Waals surface area contributed by atoms with Gasteiger partial charge in [0.15, 0.2) is 3.63 Å². The first-order valence-corrected chi connectivity index (χ1v) is 18.6. The van der Waals surface area contributed by atoms with Gasteiger partial charge in [-0.1, -0.05) is 88.0 Å². The number of primary amides is 1. The molecule has 12 nitrogen and oxygen atoms in total. The molecular weight excluding hydrogens is 705 g/mol. The van der Waals surface area contributed by atoms with E-state index in [1.807, 2.05) is 34.6 Å². The Morgan fingerprint density at radius 2 is 1.57 bits per heavy atom. The second kappa shape index (κ2) is 16.5. The average molecular weight is 762 g/mol. The van der Waals surface area contributed by atoms with E-state index in [9.17, 15) is 28.8 Å². The number of ketones is 1. The maximum Gasteiger partial charge on any atom is 0.361 e. The molecule has 262 valence electrons. The van der Waals surface area contributed by atoms with E-state index in [0.29, 0.717) is 25.7 Å². The summed E-state index contributed by atoms with van der Waals surface area (Å²) in [5.41, 5.74) is 3.94. The predicted octanol–water partition coefficient (Wildman–Crippen LogP) is 3.83. The predicted molar refractivity (Wildman–Crippen MR) is 186 cm³/mol. The minimum Gasteiger partial charge on any atom is -0.455 e. The van der Waals surface area contributed by atoms with E-state index in [4.69, 9.17) is 10.5 Å². The van der Waals surface area contributed by atoms with Crippen molar-refractivity contribution in [1.29, 1.82) is 0 Å². The van der Waals surface area contributed by atoms with Gasteiger partial charge in [0.1, 0.15) is 17.7 Å². The Balaban J connectivity index is 2.40. The number of nitrogens with two attached hydrogens (primary N) is 1. The molecule has 0 radical (unpaired) electrons. The van der Waals surface area contributed by atoms with E-state index in [1.54, 1.807) is 27.7 Å². The number of urea groups is 1. The number of carbonyl (C=O) groups excluding carboxylic acids is 6. The lowest BCUT2D eigenvalue weighted by atomic mass is 9.79. The Labute approximate surface area is 284 Å². The summed E-state index contributed by atoms with van der Waals surface area (Å²) in [6, 6.07) is -3.65. The number of alkyl halides is 1. The molecule has 0 aromatic heterocycles. The normalized spacial score (nSPS) is 18.7. The number of carbonyl (C=O) groups is 6. The monoisotopic (exact) mass is 761 g/mol. The molecular formula is C33H56IN5O7. The first-order valence-electron chi connectivity index (χ1n) is 16.5. The van der Waals surface area contributed by atoms with Crippen LogP contribution in [0.3, 0.4) is 0 Å². The van der Waals surface area contributed by atoms with E-state index in [-0.39, 0.29) is 25.9 Å². The van der Waals surface area contributed by atoms with Crippen molar-refractivity contribution in [2.75, 3.05) is 6.54 Å². The van der Waals surface area contributed by atoms with Gasteiger partial charge >= 0.3 is 12.0 Å². The lowest BCUT2D eigenvalue weighted by Gasteiger charge is -2.39. The van der Waals surface area contributed by atoms with Gasteiger partial charge in [0.25, 0.3) is 5.91 Å². The number of nitrogens with one attached hydrogen (secondary N) is 3. The molecule has 2 rings (SSSR count). The number of ether oxygens (including phenoxy) is 1. The summed E-state index contributed by atoms with van der Waals surface area (Å²) in [6.07, 6.45) is 6.10. The quantitative estimate of drug-likeness (QED) is 0.0849. The molecule has 3 atom stereocenters. The Morgan fingerprint density at radius 1 is 0.978 bits per heavy atom. The maximum absolute atomic E-state index is 14.5. The third-order valence-electron chi connectivity index (χ3n) is 8.10. The highest BCUT2D eigenvalue weighted by Crippen LogP contribution is 2.41. The van der Waals surface area contributed by atoms with Crippen LogP contribution in [-0.2, 0) is 28.7 Å². The highest BCUT2D eigenvalue weighted by Gasteiger charge is 2.46. The van der Waals surface area contributed by atoms with Gasteiger partial charge in [-0.2, -0.15) is 0 Å². The Kier molecular flexibility index (Phi) is 14.2. The van der Waals surface area contributed by atoms with Crippen molar-refractivity contribution in [2.45, 2.75) is 147 Å². The summed E-state index contributed by atoms with van der Waals surface area (Å²) in [6.45, 7) is 17.1. The van der Waals surface area contributed by atoms with E-state index < -0.39 is 85.4 Å². The molecule has 5 N–H and O–H groups in total. The number of esters is 1. The van der Waals surface area contributed by atoms with Gasteiger partial charge in [0, 0.05) is 9.97 Å². The maximum atomic E-state index is 14.5. The minimum absolute atomic E-state index is 0.193. The summed E-state index contributed by atoms with van der Waals surface area (Å²) in [7, 11) is 0. The summed E-state index contributed by atoms with van der Waals surface area (Å²) in [5, 5.41) is 8.36. The summed E-state index contributed by atoms with van der Waals surface area (Å²) in [4.78, 5) is 80.7. The summed E-state index contributed by atoms with van der Waals surface area (Å²) in [5.74, 6) is -3.27. The fourth-order valence-electron chi connectivity index (χ4n) is 5.72. The van der Waals surface area contributed by atoms with Gasteiger partial charge in [0.2, 0.25) is 17.6 Å². The van der Waals surface area contributed by atoms with Crippen LogP contribution in [0.1, 0.15) is 120 Å². The van der Waals surface area contributed by atoms with Gasteiger partial charge in [-0.3, -0.25) is 24.5 Å². The largest absolute Gasteiger partial charge is 0.455 e. The second-order valence-electron chi connectivity index (χ2n) is 14.8. The lowest BCUT2D eigenvalue weighted by molar-refractivity contribution is -0.146. The van der Waals surface area contributed by atoms with Crippen LogP contribution < -0.4 is 21.7 Å². The van der Waals surface area contributed by atoms with Gasteiger partial charge in [0.05, 0.1) is 6.04 Å². The molecule has 0 aliphatic heterocycles. The number of halogens is 1. The third-order valence-corrected chi connectivity index (χ3v) is 11.0. The van der Waals surface area contributed by atoms with Crippen molar-refractivity contribution in [3.8, 4) is 0 Å². The van der Waals surface area contributed by atoms with Crippen molar-refractivity contribution in [1.82, 2.24) is 20.9 Å². The van der Waals surface area contributed by atoms with Crippen molar-refractivity contribution in [3.63, 3.8) is 0 Å². The smallest absolute Gasteiger partial charge is 0.361 e. The van der Waals surface area contributed by atoms with Crippen molar-refractivity contribution in [2.24, 2.45) is 17.1 Å². The molecule has 5 amide bonds. The second-order valence-corrected chi connectivity index (χ2v) is 19.6. The topological polar surface area (TPSA) is 177 Å². The standard InChI is InChI=1S/C33H56IN5O7/c1-10-18-39(22(11-2)27(42)36-21(19-20-14-15-20)23(40)26(35)41)28(43)24(33(9)16-12-13-17-33)37-30(45)38-25(34-31(3,4)5)29(44)46-32(6,7)8/h20-22,24H,10-19H2,1-9H3,(H2,35,41)(H,36,42)(H2,37,38,45)/t21?,22-,24+/m0/s1. The van der Waals surface area contributed by atoms with Crippen LogP contribution >= 0.6 is 20.7 Å². The number of rotatable bonds is 15. The highest BCUT2D eigenvalue weighted by atomic mass is 127. The van der Waals surface area contributed by atoms with Crippen LogP contribution in [0, 0.1) is 11.3 Å². The highest BCUT2D eigenvalue weighted by molar-refractivity contribution is 14.2. The summed E-state index contributed by atoms with van der Waals surface area (Å²) < 4.78 is 5.54. The van der Waals surface area contributed by atoms with E-state index in [1.165, 1.54) is 4.90 Å². The first kappa shape index (κ1) is 39.6. The third kappa shape index (κ3) is 12.2. The zero-order valence-corrected chi connectivity index (χ0v) is 31.3. The first-order chi connectivity index (χ1) is 21.2. The SMILES string of the molecule is CCCN(C(=O)[C@@H](NC(=O)NC(=IC(C)(C)C)C(=O)OC(C)(C)C)C1(C)CCCC1)[C@@H](CC)C(=O)NC(CC1CC1)C(=O)C(N)=O. The van der Waals surface area contributed by atoms with Crippen molar-refractivity contribution in [3.05, 3.63) is 0 Å². The van der Waals surface area contributed by atoms with E-state index in [2.05, 4.69) is 16.0 Å². The molecule has 46 heavy (non-hydrogen) atoms. The van der Waals surface area contributed by atoms with Crippen LogP contribution in [-0.4, -0.2) is 77.7 Å². The molecule has 2 saturated carbocycles. The van der Waals surface area contributed by atoms with Gasteiger partial charge in [-0.25, -0.2) is 9.59 Å². The van der Waals surface area contributed by atoms with Crippen LogP contribution in [0.2, 0.25) is 0 Å². The van der Waals surface area contributed by atoms with Gasteiger partial charge in [-0.05, 0) is 64.2 Å². The molecule has 0 aromatic carbocycles. The van der Waals surface area contributed by atoms with Gasteiger partial charge in [-0.15, -0.1) is 0 Å². The number of hydrogen-bond donors (Lipinski definition) is 4. The zero-order chi connectivity index (χ0) is 35.0. The van der Waals surface area contributed by atoms with E-state index >= 15 is 0 Å². The Morgan fingerprint density at radius 3 is 2.02 bits per heavy atom. The molecule has 0 bridgehead atoms. The Hall–Kier alpha value is -2.58. The van der Waals surface area contributed by atoms with Crippen LogP contribution in [0.4, 0.5) is 4.79 Å². The molecule has 2 aliphatic rings. The molecule has 0 spiro atoms. The molecule has 2 fully saturated rings. The molecule has 0 heterocycles. The number of nitrogens with zero attached hydrogens (tertiary/aromatic N) is 1. The molecule has 0 aromatic rings. The van der Waals surface area contributed by atoms with E-state index in [0.717, 1.165) is 25.7 Å². The zero-order valence-electron chi connectivity index (χ0n) is 29.1. The van der Waals surface area contributed by atoms with Gasteiger partial charge < -0.3 is 26.0 Å². The van der Waals surface area contributed by atoms with Crippen molar-refractivity contribution < 1.29 is 33.5 Å². The number of hydrogen-bond acceptors (Lipinski definition) is 7. The molecule has 13 heteroatoms. The van der Waals surface area contributed by atoms with Crippen LogP contribution in [0.25, 0.3) is 0 Å². The lowest BCUT2D eigenvalue weighted by Crippen LogP contribution is -2.62. The number of Topliss-reactive ketones (excluding diaryl/α,β-unsaturated/α-hetero) is 1.